The normalized spacial score (nSPS) is 10.6. The van der Waals surface area contributed by atoms with Crippen molar-refractivity contribution in [2.45, 2.75) is 13.8 Å². The van der Waals surface area contributed by atoms with Gasteiger partial charge in [-0.2, -0.15) is 5.10 Å². The molecule has 0 saturated carbocycles. The van der Waals surface area contributed by atoms with Gasteiger partial charge in [-0.25, -0.2) is 9.50 Å². The van der Waals surface area contributed by atoms with Crippen molar-refractivity contribution in [2.24, 2.45) is 0 Å². The third kappa shape index (κ3) is 1.20. The molecule has 2 rings (SSSR count). The van der Waals surface area contributed by atoms with Gasteiger partial charge in [0.2, 0.25) is 0 Å². The van der Waals surface area contributed by atoms with Gasteiger partial charge >= 0.3 is 0 Å². The van der Waals surface area contributed by atoms with Crippen LogP contribution in [0.2, 0.25) is 0 Å². The number of aromatic nitrogens is 3. The maximum atomic E-state index is 11.1. The Morgan fingerprint density at radius 2 is 2.23 bits per heavy atom. The highest BCUT2D eigenvalue weighted by molar-refractivity contribution is 5.92. The van der Waals surface area contributed by atoms with Crippen molar-refractivity contribution in [3.8, 4) is 0 Å². The van der Waals surface area contributed by atoms with Crippen molar-refractivity contribution < 1.29 is 4.79 Å². The molecular formula is C9H9N3O. The molecule has 2 heterocycles. The fraction of sp³-hybridized carbons (Fsp3) is 0.222. The van der Waals surface area contributed by atoms with E-state index in [1.165, 1.54) is 6.92 Å². The van der Waals surface area contributed by atoms with Crippen LogP contribution in [0.1, 0.15) is 23.0 Å². The Kier molecular flexibility index (Phi) is 1.62. The lowest BCUT2D eigenvalue weighted by atomic mass is 10.3. The summed E-state index contributed by atoms with van der Waals surface area (Å²) in [5.41, 5.74) is 2.27. The average molecular weight is 175 g/mol. The summed E-state index contributed by atoms with van der Waals surface area (Å²) < 4.78 is 1.55. The van der Waals surface area contributed by atoms with Gasteiger partial charge in [0.15, 0.2) is 11.4 Å². The number of carbonyl (C=O) groups is 1. The molecule has 4 heteroatoms. The van der Waals surface area contributed by atoms with Crippen molar-refractivity contribution in [2.75, 3.05) is 0 Å². The van der Waals surface area contributed by atoms with Gasteiger partial charge in [-0.15, -0.1) is 0 Å². The minimum absolute atomic E-state index is 0.0242. The zero-order valence-corrected chi connectivity index (χ0v) is 7.48. The molecule has 0 radical (unpaired) electrons. The van der Waals surface area contributed by atoms with E-state index in [0.717, 1.165) is 5.56 Å². The Morgan fingerprint density at radius 3 is 2.92 bits per heavy atom. The molecule has 0 aliphatic carbocycles. The second-order valence-corrected chi connectivity index (χ2v) is 3.00. The van der Waals surface area contributed by atoms with Crippen LogP contribution in [0.4, 0.5) is 0 Å². The number of fused-ring (bicyclic) bond motifs is 1. The highest BCUT2D eigenvalue weighted by atomic mass is 16.1. The number of hydrogen-bond acceptors (Lipinski definition) is 3. The van der Waals surface area contributed by atoms with Crippen LogP contribution in [-0.2, 0) is 0 Å². The van der Waals surface area contributed by atoms with E-state index in [1.807, 2.05) is 13.0 Å². The van der Waals surface area contributed by atoms with E-state index in [0.29, 0.717) is 11.3 Å². The summed E-state index contributed by atoms with van der Waals surface area (Å²) in [5.74, 6) is -0.0242. The molecule has 0 atom stereocenters. The molecule has 2 aromatic heterocycles. The van der Waals surface area contributed by atoms with E-state index in [9.17, 15) is 4.79 Å². The number of rotatable bonds is 1. The minimum Gasteiger partial charge on any atom is -0.293 e. The van der Waals surface area contributed by atoms with Gasteiger partial charge in [-0.3, -0.25) is 4.79 Å². The van der Waals surface area contributed by atoms with Crippen molar-refractivity contribution in [1.29, 1.82) is 0 Å². The van der Waals surface area contributed by atoms with Gasteiger partial charge in [0, 0.05) is 6.92 Å². The maximum absolute atomic E-state index is 11.1. The average Bonchev–Trinajstić information content (AvgIpc) is 2.46. The molecule has 66 valence electrons. The quantitative estimate of drug-likeness (QED) is 0.612. The van der Waals surface area contributed by atoms with Crippen LogP contribution in [0.3, 0.4) is 0 Å². The number of nitrogens with zero attached hydrogens (tertiary/aromatic N) is 3. The summed E-state index contributed by atoms with van der Waals surface area (Å²) >= 11 is 0. The molecule has 0 aliphatic heterocycles. The summed E-state index contributed by atoms with van der Waals surface area (Å²) in [6, 6.07) is 1.89. The number of imidazole rings is 1. The first kappa shape index (κ1) is 7.91. The Hall–Kier alpha value is -1.71. The van der Waals surface area contributed by atoms with E-state index in [-0.39, 0.29) is 5.78 Å². The Labute approximate surface area is 75.2 Å². The zero-order chi connectivity index (χ0) is 9.42. The van der Waals surface area contributed by atoms with E-state index in [4.69, 9.17) is 0 Å². The molecule has 0 saturated heterocycles. The molecular weight excluding hydrogens is 166 g/mol. The SMILES string of the molecule is CC(=O)c1cnc2cc(C)cnn12. The van der Waals surface area contributed by atoms with E-state index in [2.05, 4.69) is 10.1 Å². The van der Waals surface area contributed by atoms with Crippen molar-refractivity contribution in [3.63, 3.8) is 0 Å². The fourth-order valence-electron chi connectivity index (χ4n) is 1.21. The molecule has 0 aromatic carbocycles. The van der Waals surface area contributed by atoms with Crippen LogP contribution < -0.4 is 0 Å². The lowest BCUT2D eigenvalue weighted by Gasteiger charge is -1.96. The van der Waals surface area contributed by atoms with Gasteiger partial charge in [0.05, 0.1) is 12.4 Å². The Bertz CT molecular complexity index is 473. The number of carbonyl (C=O) groups excluding carboxylic acids is 1. The molecule has 0 unspecified atom stereocenters. The molecule has 0 aliphatic rings. The molecule has 0 N–H and O–H groups in total. The Morgan fingerprint density at radius 1 is 1.46 bits per heavy atom. The van der Waals surface area contributed by atoms with E-state index >= 15 is 0 Å². The Balaban J connectivity index is 2.76. The molecule has 13 heavy (non-hydrogen) atoms. The van der Waals surface area contributed by atoms with Crippen LogP contribution >= 0.6 is 0 Å². The summed E-state index contributed by atoms with van der Waals surface area (Å²) in [6.45, 7) is 3.44. The van der Waals surface area contributed by atoms with Crippen LogP contribution in [0.15, 0.2) is 18.5 Å². The van der Waals surface area contributed by atoms with Crippen molar-refractivity contribution in [1.82, 2.24) is 14.6 Å². The van der Waals surface area contributed by atoms with Crippen LogP contribution in [-0.4, -0.2) is 20.4 Å². The van der Waals surface area contributed by atoms with E-state index < -0.39 is 0 Å². The second-order valence-electron chi connectivity index (χ2n) is 3.00. The smallest absolute Gasteiger partial charge is 0.179 e. The van der Waals surface area contributed by atoms with Crippen LogP contribution in [0.5, 0.6) is 0 Å². The van der Waals surface area contributed by atoms with Gasteiger partial charge < -0.3 is 0 Å². The van der Waals surface area contributed by atoms with Gasteiger partial charge in [0.1, 0.15) is 5.69 Å². The molecule has 0 amide bonds. The van der Waals surface area contributed by atoms with Crippen molar-refractivity contribution >= 4 is 11.4 Å². The van der Waals surface area contributed by atoms with Crippen LogP contribution in [0.25, 0.3) is 5.65 Å². The number of hydrogen-bond donors (Lipinski definition) is 0. The first-order valence-corrected chi connectivity index (χ1v) is 4.00. The van der Waals surface area contributed by atoms with Crippen LogP contribution in [0, 0.1) is 6.92 Å². The number of Topliss-reactive ketones (excluding diaryl/α,β-unsaturated/α-hetero) is 1. The lowest BCUT2D eigenvalue weighted by Crippen LogP contribution is -2.01. The predicted molar refractivity (Wildman–Crippen MR) is 47.7 cm³/mol. The second kappa shape index (κ2) is 2.65. The fourth-order valence-corrected chi connectivity index (χ4v) is 1.21. The highest BCUT2D eigenvalue weighted by Crippen LogP contribution is 2.06. The molecule has 2 aromatic rings. The summed E-state index contributed by atoms with van der Waals surface area (Å²) in [6.07, 6.45) is 3.26. The number of ketones is 1. The zero-order valence-electron chi connectivity index (χ0n) is 7.48. The molecule has 0 spiro atoms. The van der Waals surface area contributed by atoms with Gasteiger partial charge in [0.25, 0.3) is 0 Å². The third-order valence-electron chi connectivity index (χ3n) is 1.86. The largest absolute Gasteiger partial charge is 0.293 e. The summed E-state index contributed by atoms with van der Waals surface area (Å²) in [5, 5.41) is 4.10. The minimum atomic E-state index is -0.0242. The number of aryl methyl sites for hydroxylation is 1. The summed E-state index contributed by atoms with van der Waals surface area (Å²) in [4.78, 5) is 15.2. The lowest BCUT2D eigenvalue weighted by molar-refractivity contribution is 0.101. The highest BCUT2D eigenvalue weighted by Gasteiger charge is 2.07. The van der Waals surface area contributed by atoms with E-state index in [1.54, 1.807) is 16.9 Å². The third-order valence-corrected chi connectivity index (χ3v) is 1.86. The molecule has 0 fully saturated rings. The monoisotopic (exact) mass is 175 g/mol. The topological polar surface area (TPSA) is 47.3 Å². The maximum Gasteiger partial charge on any atom is 0.179 e. The van der Waals surface area contributed by atoms with Gasteiger partial charge in [-0.1, -0.05) is 0 Å². The molecule has 4 nitrogen and oxygen atoms in total. The van der Waals surface area contributed by atoms with Gasteiger partial charge in [-0.05, 0) is 18.6 Å². The first-order valence-electron chi connectivity index (χ1n) is 4.00. The molecule has 0 bridgehead atoms. The van der Waals surface area contributed by atoms with Crippen molar-refractivity contribution in [3.05, 3.63) is 29.7 Å². The predicted octanol–water partition coefficient (Wildman–Crippen LogP) is 1.24. The standard InChI is InChI=1S/C9H9N3O/c1-6-3-9-10-5-8(7(2)13)12(9)11-4-6/h3-5H,1-2H3. The first-order chi connectivity index (χ1) is 6.18. The summed E-state index contributed by atoms with van der Waals surface area (Å²) in [7, 11) is 0.